The zero-order valence-electron chi connectivity index (χ0n) is 17.1. The number of aliphatic hydroxyl groups excluding tert-OH is 1. The monoisotopic (exact) mass is 426 g/mol. The third kappa shape index (κ3) is 6.86. The first-order valence-corrected chi connectivity index (χ1v) is 11.9. The molecule has 0 aliphatic carbocycles. The Morgan fingerprint density at radius 3 is 2.39 bits per heavy atom. The van der Waals surface area contributed by atoms with E-state index in [0.717, 1.165) is 0 Å². The third-order valence-electron chi connectivity index (χ3n) is 5.12. The molecular formula is C17H29BF4NO4Si. The lowest BCUT2D eigenvalue weighted by atomic mass is 9.68. The van der Waals surface area contributed by atoms with Crippen molar-refractivity contribution < 1.29 is 36.6 Å². The molecule has 1 saturated heterocycles. The Kier molecular flexibility index (Phi) is 8.32. The smallest absolute Gasteiger partial charge is 0.414 e. The standard InChI is InChI=1S/C17H29BF4NO4Si/c1-10(8-23-15(25)17(20,21)22)7-18-14-12(19)13(24)11(27-14)9-26-28(5,6)16(2,3)4/h7,11-14,24H,8-9H2,1-6H3,(H,23,25)/b10-7+/t11-,12?,13?,14-/m1/s1. The molecule has 1 fully saturated rings. The van der Waals surface area contributed by atoms with Gasteiger partial charge in [-0.2, -0.15) is 13.2 Å². The summed E-state index contributed by atoms with van der Waals surface area (Å²) in [4.78, 5) is 10.8. The van der Waals surface area contributed by atoms with E-state index in [1.54, 1.807) is 5.32 Å². The molecule has 1 aliphatic rings. The molecule has 0 aromatic carbocycles. The number of hydrogen-bond donors (Lipinski definition) is 2. The lowest BCUT2D eigenvalue weighted by Crippen LogP contribution is -2.44. The maximum absolute atomic E-state index is 14.3. The second-order valence-corrected chi connectivity index (χ2v) is 13.3. The van der Waals surface area contributed by atoms with Gasteiger partial charge in [-0.05, 0) is 25.1 Å². The molecule has 0 aromatic rings. The molecule has 5 nitrogen and oxygen atoms in total. The van der Waals surface area contributed by atoms with Crippen LogP contribution in [0.5, 0.6) is 0 Å². The number of aliphatic hydroxyl groups is 1. The molecule has 1 heterocycles. The van der Waals surface area contributed by atoms with Crippen LogP contribution in [0.1, 0.15) is 27.7 Å². The van der Waals surface area contributed by atoms with Crippen LogP contribution in [0.25, 0.3) is 0 Å². The van der Waals surface area contributed by atoms with E-state index in [0.29, 0.717) is 5.57 Å². The minimum absolute atomic E-state index is 0.0438. The van der Waals surface area contributed by atoms with E-state index in [4.69, 9.17) is 9.16 Å². The number of rotatable bonds is 7. The van der Waals surface area contributed by atoms with Gasteiger partial charge in [0.2, 0.25) is 0 Å². The van der Waals surface area contributed by atoms with E-state index in [1.807, 2.05) is 13.1 Å². The first kappa shape index (κ1) is 25.1. The number of hydrogen-bond acceptors (Lipinski definition) is 4. The number of halogens is 4. The molecule has 0 spiro atoms. The van der Waals surface area contributed by atoms with E-state index >= 15 is 0 Å². The topological polar surface area (TPSA) is 67.8 Å². The summed E-state index contributed by atoms with van der Waals surface area (Å²) in [7, 11) is -0.759. The summed E-state index contributed by atoms with van der Waals surface area (Å²) in [6, 6.07) is -1.05. The predicted octanol–water partition coefficient (Wildman–Crippen LogP) is 2.72. The van der Waals surface area contributed by atoms with Crippen molar-refractivity contribution in [2.75, 3.05) is 13.2 Å². The zero-order valence-corrected chi connectivity index (χ0v) is 18.1. The van der Waals surface area contributed by atoms with Crippen LogP contribution in [0.15, 0.2) is 11.5 Å². The van der Waals surface area contributed by atoms with Crippen molar-refractivity contribution in [1.29, 1.82) is 0 Å². The van der Waals surface area contributed by atoms with Gasteiger partial charge in [0.1, 0.15) is 18.4 Å². The number of nitrogens with one attached hydrogen (secondary N) is 1. The second kappa shape index (κ2) is 9.27. The fourth-order valence-electron chi connectivity index (χ4n) is 2.19. The Balaban J connectivity index is 2.57. The van der Waals surface area contributed by atoms with E-state index in [9.17, 15) is 27.5 Å². The Labute approximate surface area is 165 Å². The number of alkyl halides is 4. The number of amides is 1. The van der Waals surface area contributed by atoms with Crippen LogP contribution < -0.4 is 5.32 Å². The molecular weight excluding hydrogens is 397 g/mol. The van der Waals surface area contributed by atoms with Crippen molar-refractivity contribution in [1.82, 2.24) is 5.32 Å². The van der Waals surface area contributed by atoms with Crippen LogP contribution in [0.4, 0.5) is 17.6 Å². The minimum Gasteiger partial charge on any atom is -0.414 e. The van der Waals surface area contributed by atoms with Gasteiger partial charge in [-0.1, -0.05) is 26.3 Å². The average molecular weight is 426 g/mol. The number of carbonyl (C=O) groups is 1. The first-order chi connectivity index (χ1) is 12.6. The highest BCUT2D eigenvalue weighted by atomic mass is 28.4. The Bertz CT molecular complexity index is 580. The largest absolute Gasteiger partial charge is 0.471 e. The van der Waals surface area contributed by atoms with Gasteiger partial charge >= 0.3 is 12.1 Å². The summed E-state index contributed by atoms with van der Waals surface area (Å²) in [6.07, 6.45) is -8.82. The van der Waals surface area contributed by atoms with Gasteiger partial charge < -0.3 is 19.6 Å². The fourth-order valence-corrected chi connectivity index (χ4v) is 3.21. The molecule has 0 saturated carbocycles. The summed E-state index contributed by atoms with van der Waals surface area (Å²) in [5.74, 6) is -0.670. The highest BCUT2D eigenvalue weighted by Gasteiger charge is 2.45. The second-order valence-electron chi connectivity index (χ2n) is 8.53. The van der Waals surface area contributed by atoms with Gasteiger partial charge in [0, 0.05) is 6.54 Å². The average Bonchev–Trinajstić information content (AvgIpc) is 2.81. The van der Waals surface area contributed by atoms with Crippen molar-refractivity contribution in [3.8, 4) is 0 Å². The molecule has 0 bridgehead atoms. The zero-order chi connectivity index (χ0) is 21.9. The maximum Gasteiger partial charge on any atom is 0.471 e. The van der Waals surface area contributed by atoms with Crippen LogP contribution >= 0.6 is 0 Å². The van der Waals surface area contributed by atoms with E-state index in [-0.39, 0.29) is 18.2 Å². The van der Waals surface area contributed by atoms with E-state index in [2.05, 4.69) is 20.8 Å². The lowest BCUT2D eigenvalue weighted by molar-refractivity contribution is -0.173. The predicted molar refractivity (Wildman–Crippen MR) is 101 cm³/mol. The van der Waals surface area contributed by atoms with Crippen LogP contribution in [0.2, 0.25) is 18.1 Å². The lowest BCUT2D eigenvalue weighted by Gasteiger charge is -2.37. The minimum atomic E-state index is -4.95. The Morgan fingerprint density at radius 1 is 1.32 bits per heavy atom. The van der Waals surface area contributed by atoms with Crippen LogP contribution in [0, 0.1) is 0 Å². The van der Waals surface area contributed by atoms with Crippen molar-refractivity contribution in [3.05, 3.63) is 11.5 Å². The molecule has 11 heteroatoms. The van der Waals surface area contributed by atoms with Gasteiger partial charge in [0.15, 0.2) is 15.6 Å². The number of ether oxygens (including phenoxy) is 1. The number of carbonyl (C=O) groups excluding carboxylic acids is 1. The first-order valence-electron chi connectivity index (χ1n) is 9.03. The molecule has 28 heavy (non-hydrogen) atoms. The van der Waals surface area contributed by atoms with Crippen LogP contribution in [0.3, 0.4) is 0 Å². The molecule has 2 N–H and O–H groups in total. The van der Waals surface area contributed by atoms with Crippen molar-refractivity contribution in [3.63, 3.8) is 0 Å². The molecule has 1 aliphatic heterocycles. The SMILES string of the molecule is C/C(=C\[B][C@@H]1O[C@H](CO[Si](C)(C)C(C)(C)C)C(O)C1F)CNC(=O)C(F)(F)F. The van der Waals surface area contributed by atoms with Crippen molar-refractivity contribution >= 4 is 21.5 Å². The normalized spacial score (nSPS) is 27.0. The fraction of sp³-hybridized carbons (Fsp3) is 0.824. The molecule has 0 aromatic heterocycles. The molecule has 2 unspecified atom stereocenters. The quantitative estimate of drug-likeness (QED) is 0.486. The summed E-state index contributed by atoms with van der Waals surface area (Å²) in [6.45, 7) is 11.5. The van der Waals surface area contributed by atoms with Gasteiger partial charge in [-0.3, -0.25) is 4.79 Å². The molecule has 1 amide bonds. The highest BCUT2D eigenvalue weighted by Crippen LogP contribution is 2.37. The van der Waals surface area contributed by atoms with E-state index in [1.165, 1.54) is 20.2 Å². The van der Waals surface area contributed by atoms with Gasteiger partial charge in [0.25, 0.3) is 0 Å². The van der Waals surface area contributed by atoms with Crippen LogP contribution in [-0.4, -0.2) is 70.3 Å². The maximum atomic E-state index is 14.3. The molecule has 1 rings (SSSR count). The van der Waals surface area contributed by atoms with E-state index < -0.39 is 44.8 Å². The van der Waals surface area contributed by atoms with Gasteiger partial charge in [-0.15, -0.1) is 5.98 Å². The summed E-state index contributed by atoms with van der Waals surface area (Å²) in [5.41, 5.74) is 0.379. The van der Waals surface area contributed by atoms with Crippen molar-refractivity contribution in [2.45, 2.75) is 76.4 Å². The third-order valence-corrected chi connectivity index (χ3v) is 9.62. The molecule has 1 radical (unpaired) electrons. The van der Waals surface area contributed by atoms with Gasteiger partial charge in [0.05, 0.1) is 12.6 Å². The summed E-state index contributed by atoms with van der Waals surface area (Å²) < 4.78 is 62.3. The Hall–Kier alpha value is -0.908. The molecule has 161 valence electrons. The van der Waals surface area contributed by atoms with Crippen molar-refractivity contribution in [2.24, 2.45) is 0 Å². The van der Waals surface area contributed by atoms with Gasteiger partial charge in [-0.25, -0.2) is 4.39 Å². The summed E-state index contributed by atoms with van der Waals surface area (Å²) in [5, 5.41) is 11.8. The molecule has 4 atom stereocenters. The summed E-state index contributed by atoms with van der Waals surface area (Å²) >= 11 is 0. The van der Waals surface area contributed by atoms with Crippen LogP contribution in [-0.2, 0) is 14.0 Å². The Morgan fingerprint density at radius 2 is 1.89 bits per heavy atom. The highest BCUT2D eigenvalue weighted by molar-refractivity contribution is 6.74.